The molecule has 3 aliphatic rings. The number of carbonyl (C=O) groups excluding carboxylic acids is 3. The minimum atomic E-state index is -1.39. The van der Waals surface area contributed by atoms with Gasteiger partial charge in [0.15, 0.2) is 17.0 Å². The molecule has 2 aromatic carbocycles. The summed E-state index contributed by atoms with van der Waals surface area (Å²) >= 11 is 0. The summed E-state index contributed by atoms with van der Waals surface area (Å²) in [6, 6.07) is 13.1. The maximum absolute atomic E-state index is 12.8. The molecule has 0 radical (unpaired) electrons. The van der Waals surface area contributed by atoms with Crippen LogP contribution in [0.25, 0.3) is 11.2 Å². The van der Waals surface area contributed by atoms with Crippen molar-refractivity contribution in [2.75, 3.05) is 43.5 Å². The second-order valence-electron chi connectivity index (χ2n) is 13.6. The third-order valence-corrected chi connectivity index (χ3v) is 9.95. The number of aliphatic hydroxyl groups excluding tert-OH is 3. The minimum Gasteiger partial charge on any atom is -0.508 e. The van der Waals surface area contributed by atoms with E-state index in [1.807, 2.05) is 35.2 Å². The van der Waals surface area contributed by atoms with E-state index in [1.165, 1.54) is 18.3 Å². The summed E-state index contributed by atoms with van der Waals surface area (Å²) in [4.78, 5) is 56.8. The van der Waals surface area contributed by atoms with E-state index in [4.69, 9.17) is 9.97 Å². The normalized spacial score (nSPS) is 23.8. The molecule has 0 spiro atoms. The summed E-state index contributed by atoms with van der Waals surface area (Å²) < 4.78 is 1.64. The number of phenolic OH excluding ortho intramolecular Hbond substituents is 1. The van der Waals surface area contributed by atoms with Crippen molar-refractivity contribution in [2.45, 2.75) is 62.2 Å². The molecule has 2 aromatic heterocycles. The molecule has 17 heteroatoms. The number of carbonyl (C=O) groups is 3. The largest absolute Gasteiger partial charge is 0.508 e. The molecule has 4 aromatic rings. The Bertz CT molecular complexity index is 1940. The number of nitrogens with zero attached hydrogens (tertiary/aromatic N) is 7. The van der Waals surface area contributed by atoms with Gasteiger partial charge in [-0.1, -0.05) is 42.5 Å². The number of nitrogens with one attached hydrogen (secondary N) is 3. The van der Waals surface area contributed by atoms with Crippen molar-refractivity contribution in [3.05, 3.63) is 72.1 Å². The summed E-state index contributed by atoms with van der Waals surface area (Å²) in [6.45, 7) is 0.840. The number of aromatic nitrogens is 4. The summed E-state index contributed by atoms with van der Waals surface area (Å²) in [7, 11) is 1.51. The number of anilines is 2. The van der Waals surface area contributed by atoms with Gasteiger partial charge in [-0.2, -0.15) is 9.97 Å². The molecule has 0 bridgehead atoms. The average Bonchev–Trinajstić information content (AvgIpc) is 3.90. The van der Waals surface area contributed by atoms with Gasteiger partial charge in [-0.15, -0.1) is 0 Å². The van der Waals surface area contributed by atoms with Gasteiger partial charge in [0.2, 0.25) is 5.95 Å². The Morgan fingerprint density at radius 3 is 2.52 bits per heavy atom. The zero-order valence-electron chi connectivity index (χ0n) is 28.5. The van der Waals surface area contributed by atoms with Crippen LogP contribution in [0, 0.1) is 0 Å². The summed E-state index contributed by atoms with van der Waals surface area (Å²) in [5.41, 5.74) is 2.48. The van der Waals surface area contributed by atoms with Gasteiger partial charge in [-0.05, 0) is 42.5 Å². The maximum Gasteiger partial charge on any atom is 0.327 e. The van der Waals surface area contributed by atoms with Crippen LogP contribution in [-0.2, 0) is 17.8 Å². The highest BCUT2D eigenvalue weighted by molar-refractivity contribution is 6.02. The van der Waals surface area contributed by atoms with Crippen molar-refractivity contribution in [1.29, 1.82) is 0 Å². The van der Waals surface area contributed by atoms with Gasteiger partial charge >= 0.3 is 12.1 Å². The monoisotopic (exact) mass is 714 g/mol. The number of aromatic hydroxyl groups is 1. The number of hydrogen-bond donors (Lipinski definition) is 7. The SMILES string of the molecule is CN1CC(=O)N([C@H]2C[C@@H](n3cnc4c(N[C@H](CO)Cc5ccccc5)nc(N5CCC(NC(=O)NCc6cccc(O)c6)C5)nc43)[C@H](O)[C@@H]2O)C1=O. The molecule has 2 aliphatic heterocycles. The van der Waals surface area contributed by atoms with Gasteiger partial charge in [0.1, 0.15) is 24.5 Å². The van der Waals surface area contributed by atoms with Crippen molar-refractivity contribution in [2.24, 2.45) is 0 Å². The first-order valence-corrected chi connectivity index (χ1v) is 17.3. The number of urea groups is 2. The van der Waals surface area contributed by atoms with Crippen molar-refractivity contribution < 1.29 is 34.8 Å². The third kappa shape index (κ3) is 7.02. The number of likely N-dealkylation sites (N-methyl/N-ethyl adjacent to an activating group) is 1. The molecule has 274 valence electrons. The molecule has 6 atom stereocenters. The molecule has 1 aliphatic carbocycles. The number of amides is 5. The second kappa shape index (κ2) is 14.6. The first kappa shape index (κ1) is 34.9. The van der Waals surface area contributed by atoms with Crippen LogP contribution in [0.1, 0.15) is 30.0 Å². The number of rotatable bonds is 11. The predicted octanol–water partition coefficient (Wildman–Crippen LogP) is 0.555. The fourth-order valence-electron chi connectivity index (χ4n) is 7.27. The Kier molecular flexibility index (Phi) is 9.81. The molecule has 5 amide bonds. The lowest BCUT2D eigenvalue weighted by Gasteiger charge is -2.24. The van der Waals surface area contributed by atoms with Crippen molar-refractivity contribution >= 4 is 40.9 Å². The minimum absolute atomic E-state index is 0.0713. The van der Waals surface area contributed by atoms with Gasteiger partial charge in [0, 0.05) is 32.7 Å². The van der Waals surface area contributed by atoms with Crippen LogP contribution in [0.4, 0.5) is 21.4 Å². The lowest BCUT2D eigenvalue weighted by Crippen LogP contribution is -2.47. The molecular weight excluding hydrogens is 672 g/mol. The first-order valence-electron chi connectivity index (χ1n) is 17.3. The molecule has 17 nitrogen and oxygen atoms in total. The van der Waals surface area contributed by atoms with Crippen molar-refractivity contribution in [3.8, 4) is 5.75 Å². The molecule has 2 saturated heterocycles. The number of benzene rings is 2. The quantitative estimate of drug-likeness (QED) is 0.106. The van der Waals surface area contributed by atoms with E-state index >= 15 is 0 Å². The molecular formula is C35H42N10O7. The first-order chi connectivity index (χ1) is 25.1. The number of imide groups is 1. The van der Waals surface area contributed by atoms with Crippen molar-refractivity contribution in [3.63, 3.8) is 0 Å². The summed E-state index contributed by atoms with van der Waals surface area (Å²) in [6.07, 6.45) is -0.0683. The number of aliphatic hydroxyl groups is 3. The highest BCUT2D eigenvalue weighted by Crippen LogP contribution is 2.38. The zero-order chi connectivity index (χ0) is 36.5. The van der Waals surface area contributed by atoms with Gasteiger partial charge in [-0.3, -0.25) is 9.69 Å². The lowest BCUT2D eigenvalue weighted by molar-refractivity contribution is -0.128. The maximum atomic E-state index is 12.8. The topological polar surface area (TPSA) is 222 Å². The molecule has 1 saturated carbocycles. The van der Waals surface area contributed by atoms with E-state index in [2.05, 4.69) is 20.9 Å². The number of fused-ring (bicyclic) bond motifs is 1. The Hall–Kier alpha value is -5.52. The van der Waals surface area contributed by atoms with Gasteiger partial charge in [0.05, 0.1) is 31.1 Å². The number of hydrogen-bond acceptors (Lipinski definition) is 12. The Balaban J connectivity index is 1.15. The van der Waals surface area contributed by atoms with Gasteiger partial charge < -0.3 is 50.7 Å². The van der Waals surface area contributed by atoms with E-state index in [0.717, 1.165) is 16.0 Å². The van der Waals surface area contributed by atoms with Gasteiger partial charge in [-0.25, -0.2) is 14.6 Å². The fourth-order valence-corrected chi connectivity index (χ4v) is 7.27. The van der Waals surface area contributed by atoms with Gasteiger partial charge in [0.25, 0.3) is 5.91 Å². The third-order valence-electron chi connectivity index (χ3n) is 9.95. The van der Waals surface area contributed by atoms with E-state index in [1.54, 1.807) is 28.8 Å². The molecule has 7 rings (SSSR count). The summed E-state index contributed by atoms with van der Waals surface area (Å²) in [5, 5.41) is 51.6. The Morgan fingerprint density at radius 2 is 1.79 bits per heavy atom. The number of imidazole rings is 1. The van der Waals surface area contributed by atoms with Crippen LogP contribution in [0.3, 0.4) is 0 Å². The Morgan fingerprint density at radius 1 is 1.02 bits per heavy atom. The van der Waals surface area contributed by atoms with Crippen molar-refractivity contribution in [1.82, 2.24) is 40.0 Å². The zero-order valence-corrected chi connectivity index (χ0v) is 28.5. The molecule has 1 unspecified atom stereocenters. The van der Waals surface area contributed by atoms with E-state index in [0.29, 0.717) is 48.9 Å². The Labute approximate surface area is 298 Å². The summed E-state index contributed by atoms with van der Waals surface area (Å²) in [5.74, 6) is 0.347. The highest BCUT2D eigenvalue weighted by Gasteiger charge is 2.51. The van der Waals surface area contributed by atoms with Crippen LogP contribution in [0.2, 0.25) is 0 Å². The fraction of sp³-hybridized carbons (Fsp3) is 0.429. The van der Waals surface area contributed by atoms with Crippen LogP contribution in [0.15, 0.2) is 60.9 Å². The second-order valence-corrected chi connectivity index (χ2v) is 13.6. The van der Waals surface area contributed by atoms with Crippen LogP contribution >= 0.6 is 0 Å². The van der Waals surface area contributed by atoms with Crippen LogP contribution in [-0.4, -0.2) is 131 Å². The standard InChI is InChI=1S/C35H42N10O7/c1-42-17-27(48)45(35(42)52)26-14-25(29(49)30(26)50)44-19-37-28-31(38-23(18-46)12-20-6-3-2-4-7-20)40-33(41-32(28)44)43-11-10-22(16-43)39-34(51)36-15-21-8-5-9-24(47)13-21/h2-9,13,19,22-23,25-26,29-30,46-47,49-50H,10-12,14-18H2,1H3,(H2,36,39,51)(H,38,40,41)/t22?,23-,25+,26-,29-,30+/m0/s1. The molecule has 3 fully saturated rings. The molecule has 7 N–H and O–H groups in total. The highest BCUT2D eigenvalue weighted by atomic mass is 16.3. The van der Waals surface area contributed by atoms with E-state index < -0.39 is 42.3 Å². The van der Waals surface area contributed by atoms with E-state index in [9.17, 15) is 34.8 Å². The predicted molar refractivity (Wildman–Crippen MR) is 188 cm³/mol. The average molecular weight is 715 g/mol. The molecule has 4 heterocycles. The molecule has 52 heavy (non-hydrogen) atoms. The lowest BCUT2D eigenvalue weighted by atomic mass is 10.1. The van der Waals surface area contributed by atoms with E-state index in [-0.39, 0.29) is 43.9 Å². The van der Waals surface area contributed by atoms with Crippen LogP contribution < -0.4 is 20.9 Å². The van der Waals surface area contributed by atoms with Crippen LogP contribution in [0.5, 0.6) is 5.75 Å². The smallest absolute Gasteiger partial charge is 0.327 e. The number of phenols is 1.